The molecule has 6 heterocycles. The quantitative estimate of drug-likeness (QED) is 0.179. The topological polar surface area (TPSA) is 35.9 Å². The SMILES string of the molecule is CN1C(n2c3ccccc3c3ccccc32)=CC=CC1n1c2ccccc2c2cc3c4ccccc4n(-c4cccc(-n5c6ccccc6c6ccccc65)n4)c3cc21. The van der Waals surface area contributed by atoms with Crippen LogP contribution in [0.1, 0.15) is 6.17 Å². The summed E-state index contributed by atoms with van der Waals surface area (Å²) in [6.45, 7) is 0. The van der Waals surface area contributed by atoms with Gasteiger partial charge in [-0.15, -0.1) is 0 Å². The molecule has 0 fully saturated rings. The van der Waals surface area contributed by atoms with Crippen LogP contribution in [0.25, 0.3) is 105 Å². The molecule has 0 amide bonds. The minimum absolute atomic E-state index is 0.0932. The molecule has 6 nitrogen and oxygen atoms in total. The molecule has 7 aromatic carbocycles. The number of rotatable bonds is 4. The standard InChI is InChI=1S/C53H36N6/c1-55-52(58-45-25-11-4-18-36(45)37-19-5-12-26-46(37)58)30-15-31-53(55)59-47-27-13-7-21-39(47)41-32-40-38-20-6-10-24-44(38)57(48(40)33-49(41)59)51-29-14-28-50(54-51)56-42-22-8-2-16-34(42)35-17-3-9-23-43(35)56/h2-33,53H,1H3. The molecular weight excluding hydrogens is 721 g/mol. The van der Waals surface area contributed by atoms with Gasteiger partial charge in [-0.2, -0.15) is 0 Å². The Labute approximate surface area is 339 Å². The van der Waals surface area contributed by atoms with Gasteiger partial charge in [0, 0.05) is 50.1 Å². The van der Waals surface area contributed by atoms with Gasteiger partial charge in [0.1, 0.15) is 23.6 Å². The smallest absolute Gasteiger partial charge is 0.140 e. The van der Waals surface area contributed by atoms with Crippen molar-refractivity contribution >= 4 is 93.0 Å². The molecule has 1 aliphatic heterocycles. The van der Waals surface area contributed by atoms with E-state index in [0.717, 1.165) is 39.5 Å². The molecule has 0 radical (unpaired) electrons. The lowest BCUT2D eigenvalue weighted by molar-refractivity contribution is 0.319. The average Bonchev–Trinajstić information content (AvgIpc) is 4.01. The van der Waals surface area contributed by atoms with Gasteiger partial charge >= 0.3 is 0 Å². The van der Waals surface area contributed by atoms with Crippen molar-refractivity contribution in [1.82, 2.24) is 28.2 Å². The third kappa shape index (κ3) is 4.43. The van der Waals surface area contributed by atoms with E-state index >= 15 is 0 Å². The summed E-state index contributed by atoms with van der Waals surface area (Å²) in [5, 5.41) is 9.84. The lowest BCUT2D eigenvalue weighted by Gasteiger charge is -2.35. The van der Waals surface area contributed by atoms with Gasteiger partial charge in [0.05, 0.1) is 44.1 Å². The zero-order valence-corrected chi connectivity index (χ0v) is 32.2. The van der Waals surface area contributed by atoms with Crippen LogP contribution in [-0.2, 0) is 0 Å². The molecule has 59 heavy (non-hydrogen) atoms. The highest BCUT2D eigenvalue weighted by atomic mass is 15.4. The predicted molar refractivity (Wildman–Crippen MR) is 246 cm³/mol. The number of fused-ring (bicyclic) bond motifs is 12. The lowest BCUT2D eigenvalue weighted by Crippen LogP contribution is -2.30. The summed E-state index contributed by atoms with van der Waals surface area (Å²) in [7, 11) is 2.23. The second kappa shape index (κ2) is 12.1. The Morgan fingerprint density at radius 2 is 0.780 bits per heavy atom. The Balaban J connectivity index is 1.04. The van der Waals surface area contributed by atoms with Crippen LogP contribution in [0.2, 0.25) is 0 Å². The molecule has 1 aliphatic rings. The van der Waals surface area contributed by atoms with Crippen molar-refractivity contribution in [3.63, 3.8) is 0 Å². The highest BCUT2D eigenvalue weighted by molar-refractivity contribution is 6.19. The molecule has 5 aromatic heterocycles. The van der Waals surface area contributed by atoms with Gasteiger partial charge in [0.2, 0.25) is 0 Å². The first kappa shape index (κ1) is 32.3. The minimum atomic E-state index is -0.0932. The Bertz CT molecular complexity index is 3670. The largest absolute Gasteiger partial charge is 0.337 e. The third-order valence-electron chi connectivity index (χ3n) is 12.6. The van der Waals surface area contributed by atoms with E-state index in [1.54, 1.807) is 0 Å². The zero-order valence-electron chi connectivity index (χ0n) is 32.2. The second-order valence-electron chi connectivity index (χ2n) is 15.7. The summed E-state index contributed by atoms with van der Waals surface area (Å²) >= 11 is 0. The highest BCUT2D eigenvalue weighted by Gasteiger charge is 2.27. The number of aromatic nitrogens is 5. The Kier molecular flexibility index (Phi) is 6.61. The van der Waals surface area contributed by atoms with Gasteiger partial charge in [-0.3, -0.25) is 13.7 Å². The molecule has 0 spiro atoms. The van der Waals surface area contributed by atoms with E-state index in [2.05, 4.69) is 224 Å². The van der Waals surface area contributed by atoms with E-state index in [1.165, 1.54) is 65.2 Å². The first-order valence-electron chi connectivity index (χ1n) is 20.2. The van der Waals surface area contributed by atoms with Crippen LogP contribution in [0.3, 0.4) is 0 Å². The normalized spacial score (nSPS) is 14.7. The molecule has 0 saturated heterocycles. The van der Waals surface area contributed by atoms with Crippen LogP contribution >= 0.6 is 0 Å². The molecule has 1 atom stereocenters. The third-order valence-corrected chi connectivity index (χ3v) is 12.6. The highest BCUT2D eigenvalue weighted by Crippen LogP contribution is 2.43. The number of hydrogen-bond donors (Lipinski definition) is 0. The fraction of sp³-hybridized carbons (Fsp3) is 0.0377. The van der Waals surface area contributed by atoms with Crippen molar-refractivity contribution in [2.45, 2.75) is 6.17 Å². The maximum atomic E-state index is 5.48. The molecule has 0 N–H and O–H groups in total. The van der Waals surface area contributed by atoms with Crippen LogP contribution in [0.4, 0.5) is 0 Å². The number of likely N-dealkylation sites (N-methyl/N-ethyl adjacent to an activating group) is 1. The molecule has 13 rings (SSSR count). The molecule has 0 saturated carbocycles. The van der Waals surface area contributed by atoms with Crippen LogP contribution in [0.5, 0.6) is 0 Å². The summed E-state index contributed by atoms with van der Waals surface area (Å²) in [5.41, 5.74) is 9.31. The Hall–Kier alpha value is -7.83. The monoisotopic (exact) mass is 756 g/mol. The van der Waals surface area contributed by atoms with E-state index in [0.29, 0.717) is 0 Å². The molecule has 12 aromatic rings. The maximum Gasteiger partial charge on any atom is 0.140 e. The predicted octanol–water partition coefficient (Wildman–Crippen LogP) is 13.0. The summed E-state index contributed by atoms with van der Waals surface area (Å²) in [6.07, 6.45) is 6.70. The van der Waals surface area contributed by atoms with Gasteiger partial charge in [-0.05, 0) is 72.8 Å². The summed E-state index contributed by atoms with van der Waals surface area (Å²) < 4.78 is 9.59. The summed E-state index contributed by atoms with van der Waals surface area (Å²) in [5.74, 6) is 2.89. The lowest BCUT2D eigenvalue weighted by atomic mass is 10.1. The average molecular weight is 757 g/mol. The first-order chi connectivity index (χ1) is 29.2. The van der Waals surface area contributed by atoms with E-state index in [9.17, 15) is 0 Å². The molecule has 0 aliphatic carbocycles. The van der Waals surface area contributed by atoms with Gasteiger partial charge in [0.15, 0.2) is 0 Å². The van der Waals surface area contributed by atoms with Gasteiger partial charge in [-0.1, -0.05) is 121 Å². The molecule has 0 bridgehead atoms. The molecule has 1 unspecified atom stereocenters. The number of allylic oxidation sites excluding steroid dienone is 2. The van der Waals surface area contributed by atoms with E-state index < -0.39 is 0 Å². The zero-order chi connectivity index (χ0) is 38.8. The molecular formula is C53H36N6. The van der Waals surface area contributed by atoms with Crippen LogP contribution in [0, 0.1) is 0 Å². The van der Waals surface area contributed by atoms with E-state index in [-0.39, 0.29) is 6.17 Å². The van der Waals surface area contributed by atoms with Gasteiger partial charge < -0.3 is 9.47 Å². The Morgan fingerprint density at radius 1 is 0.373 bits per heavy atom. The number of para-hydroxylation sites is 6. The van der Waals surface area contributed by atoms with Crippen molar-refractivity contribution in [1.29, 1.82) is 0 Å². The van der Waals surface area contributed by atoms with Crippen LogP contribution < -0.4 is 0 Å². The van der Waals surface area contributed by atoms with Crippen LogP contribution in [0.15, 0.2) is 194 Å². The fourth-order valence-corrected chi connectivity index (χ4v) is 10.1. The van der Waals surface area contributed by atoms with Crippen molar-refractivity contribution in [3.8, 4) is 11.6 Å². The molecule has 278 valence electrons. The van der Waals surface area contributed by atoms with Crippen molar-refractivity contribution in [2.75, 3.05) is 7.05 Å². The number of pyridine rings is 1. The van der Waals surface area contributed by atoms with Gasteiger partial charge in [0.25, 0.3) is 0 Å². The number of nitrogens with zero attached hydrogens (tertiary/aromatic N) is 6. The fourth-order valence-electron chi connectivity index (χ4n) is 10.1. The Morgan fingerprint density at radius 3 is 1.31 bits per heavy atom. The first-order valence-corrected chi connectivity index (χ1v) is 20.2. The minimum Gasteiger partial charge on any atom is -0.337 e. The van der Waals surface area contributed by atoms with E-state index in [1.807, 2.05) is 0 Å². The number of hydrogen-bond acceptors (Lipinski definition) is 2. The van der Waals surface area contributed by atoms with Crippen molar-refractivity contribution in [2.24, 2.45) is 0 Å². The maximum absolute atomic E-state index is 5.48. The van der Waals surface area contributed by atoms with Crippen molar-refractivity contribution < 1.29 is 0 Å². The van der Waals surface area contributed by atoms with Crippen molar-refractivity contribution in [3.05, 3.63) is 194 Å². The van der Waals surface area contributed by atoms with Crippen LogP contribution in [-0.4, -0.2) is 35.2 Å². The molecule has 6 heteroatoms. The second-order valence-corrected chi connectivity index (χ2v) is 15.7. The van der Waals surface area contributed by atoms with Gasteiger partial charge in [-0.25, -0.2) is 4.98 Å². The number of benzene rings is 7. The summed E-state index contributed by atoms with van der Waals surface area (Å²) in [4.78, 5) is 7.90. The summed E-state index contributed by atoms with van der Waals surface area (Å²) in [6, 6.07) is 63.5. The van der Waals surface area contributed by atoms with E-state index in [4.69, 9.17) is 4.98 Å².